The van der Waals surface area contributed by atoms with Crippen LogP contribution in [0.15, 0.2) is 35.2 Å². The van der Waals surface area contributed by atoms with E-state index in [9.17, 15) is 0 Å². The topological polar surface area (TPSA) is 9.23 Å². The van der Waals surface area contributed by atoms with E-state index >= 15 is 0 Å². The van der Waals surface area contributed by atoms with Crippen LogP contribution in [0.3, 0.4) is 0 Å². The predicted molar refractivity (Wildman–Crippen MR) is 77.0 cm³/mol. The summed E-state index contributed by atoms with van der Waals surface area (Å²) in [5.41, 5.74) is 0.179. The lowest BCUT2D eigenvalue weighted by Gasteiger charge is -2.38. The van der Waals surface area contributed by atoms with Crippen LogP contribution in [-0.2, 0) is 4.74 Å². The summed E-state index contributed by atoms with van der Waals surface area (Å²) in [4.78, 5) is 1.39. The van der Waals surface area contributed by atoms with Gasteiger partial charge in [-0.1, -0.05) is 44.4 Å². The van der Waals surface area contributed by atoms with Gasteiger partial charge in [-0.05, 0) is 30.9 Å². The Hall–Kier alpha value is -0.470. The van der Waals surface area contributed by atoms with Crippen molar-refractivity contribution < 1.29 is 4.74 Å². The van der Waals surface area contributed by atoms with Gasteiger partial charge < -0.3 is 4.74 Å². The summed E-state index contributed by atoms with van der Waals surface area (Å²) < 4.78 is 6.26. The van der Waals surface area contributed by atoms with Crippen LogP contribution < -0.4 is 0 Å². The maximum Gasteiger partial charge on any atom is 0.0807 e. The average molecular weight is 262 g/mol. The number of thioether (sulfide) groups is 1. The lowest BCUT2D eigenvalue weighted by Crippen LogP contribution is -2.40. The summed E-state index contributed by atoms with van der Waals surface area (Å²) in [5.74, 6) is 0.674. The molecule has 1 aliphatic carbocycles. The van der Waals surface area contributed by atoms with E-state index in [1.54, 1.807) is 0 Å². The Balaban J connectivity index is 1.79. The summed E-state index contributed by atoms with van der Waals surface area (Å²) in [6.45, 7) is 3.30. The standard InChI is InChI=1S/C16H22OS/c1-13-12-17-16(10-6-3-7-11-16)15(13)18-14-8-4-2-5-9-14/h2,4-5,8-9,13,15H,3,6-7,10-12H2,1H3/t13-,15+/m1/s1. The molecular formula is C16H22OS. The van der Waals surface area contributed by atoms with E-state index in [1.807, 2.05) is 11.8 Å². The van der Waals surface area contributed by atoms with E-state index in [0.717, 1.165) is 6.61 Å². The minimum Gasteiger partial charge on any atom is -0.373 e. The first-order chi connectivity index (χ1) is 8.80. The first kappa shape index (κ1) is 12.6. The molecule has 2 atom stereocenters. The molecule has 1 aliphatic heterocycles. The van der Waals surface area contributed by atoms with Gasteiger partial charge in [-0.15, -0.1) is 11.8 Å². The van der Waals surface area contributed by atoms with Crippen LogP contribution in [0.4, 0.5) is 0 Å². The highest BCUT2D eigenvalue weighted by Gasteiger charge is 2.48. The molecule has 98 valence electrons. The zero-order chi connectivity index (χ0) is 12.4. The normalized spacial score (nSPS) is 30.7. The molecule has 1 heterocycles. The highest BCUT2D eigenvalue weighted by Crippen LogP contribution is 2.49. The minimum atomic E-state index is 0.179. The number of hydrogen-bond donors (Lipinski definition) is 0. The SMILES string of the molecule is C[C@@H]1COC2(CCCCC2)[C@H]1Sc1ccccc1. The fraction of sp³-hybridized carbons (Fsp3) is 0.625. The van der Waals surface area contributed by atoms with Crippen LogP contribution in [-0.4, -0.2) is 17.5 Å². The largest absolute Gasteiger partial charge is 0.373 e. The van der Waals surface area contributed by atoms with Crippen LogP contribution in [0.1, 0.15) is 39.0 Å². The lowest BCUT2D eigenvalue weighted by molar-refractivity contribution is -0.0220. The number of benzene rings is 1. The van der Waals surface area contributed by atoms with Gasteiger partial charge in [-0.2, -0.15) is 0 Å². The summed E-state index contributed by atoms with van der Waals surface area (Å²) in [5, 5.41) is 0.639. The van der Waals surface area contributed by atoms with Crippen molar-refractivity contribution in [2.24, 2.45) is 5.92 Å². The molecule has 18 heavy (non-hydrogen) atoms. The second-order valence-corrected chi connectivity index (χ2v) is 6.98. The third-order valence-corrected chi connectivity index (χ3v) is 6.07. The van der Waals surface area contributed by atoms with Gasteiger partial charge in [0.1, 0.15) is 0 Å². The smallest absolute Gasteiger partial charge is 0.0807 e. The van der Waals surface area contributed by atoms with Crippen molar-refractivity contribution >= 4 is 11.8 Å². The van der Waals surface area contributed by atoms with Gasteiger partial charge in [0, 0.05) is 10.1 Å². The van der Waals surface area contributed by atoms with Crippen LogP contribution in [0.25, 0.3) is 0 Å². The van der Waals surface area contributed by atoms with E-state index in [0.29, 0.717) is 11.2 Å². The molecule has 0 amide bonds. The predicted octanol–water partition coefficient (Wildman–Crippen LogP) is 4.52. The summed E-state index contributed by atoms with van der Waals surface area (Å²) in [6.07, 6.45) is 6.61. The van der Waals surface area contributed by atoms with Crippen molar-refractivity contribution in [2.75, 3.05) is 6.61 Å². The van der Waals surface area contributed by atoms with Crippen LogP contribution in [0.5, 0.6) is 0 Å². The second-order valence-electron chi connectivity index (χ2n) is 5.77. The van der Waals surface area contributed by atoms with Gasteiger partial charge in [0.25, 0.3) is 0 Å². The average Bonchev–Trinajstić information content (AvgIpc) is 2.71. The Labute approximate surface area is 114 Å². The molecule has 1 aromatic rings. The molecule has 1 saturated carbocycles. The summed E-state index contributed by atoms with van der Waals surface area (Å²) in [6, 6.07) is 10.8. The zero-order valence-electron chi connectivity index (χ0n) is 11.1. The Morgan fingerprint density at radius 1 is 1.11 bits per heavy atom. The number of rotatable bonds is 2. The Morgan fingerprint density at radius 3 is 2.56 bits per heavy atom. The van der Waals surface area contributed by atoms with Crippen molar-refractivity contribution in [1.29, 1.82) is 0 Å². The number of hydrogen-bond acceptors (Lipinski definition) is 2. The second kappa shape index (κ2) is 5.26. The molecule has 0 bridgehead atoms. The fourth-order valence-electron chi connectivity index (χ4n) is 3.43. The van der Waals surface area contributed by atoms with Crippen LogP contribution in [0.2, 0.25) is 0 Å². The Morgan fingerprint density at radius 2 is 1.83 bits per heavy atom. The van der Waals surface area contributed by atoms with E-state index in [1.165, 1.54) is 37.0 Å². The molecule has 3 rings (SSSR count). The third-order valence-electron chi connectivity index (χ3n) is 4.38. The van der Waals surface area contributed by atoms with E-state index in [-0.39, 0.29) is 5.60 Å². The molecule has 1 spiro atoms. The van der Waals surface area contributed by atoms with Gasteiger partial charge in [0.2, 0.25) is 0 Å². The van der Waals surface area contributed by atoms with Crippen LogP contribution in [0, 0.1) is 5.92 Å². The summed E-state index contributed by atoms with van der Waals surface area (Å²) >= 11 is 2.04. The molecule has 2 aliphatic rings. The van der Waals surface area contributed by atoms with Crippen molar-refractivity contribution in [3.05, 3.63) is 30.3 Å². The zero-order valence-corrected chi connectivity index (χ0v) is 11.9. The molecule has 0 N–H and O–H groups in total. The highest BCUT2D eigenvalue weighted by atomic mass is 32.2. The molecule has 0 aromatic heterocycles. The molecular weight excluding hydrogens is 240 g/mol. The number of ether oxygens (including phenoxy) is 1. The van der Waals surface area contributed by atoms with E-state index in [2.05, 4.69) is 37.3 Å². The van der Waals surface area contributed by atoms with E-state index < -0.39 is 0 Å². The minimum absolute atomic E-state index is 0.179. The molecule has 2 heteroatoms. The van der Waals surface area contributed by atoms with Gasteiger partial charge in [0.15, 0.2) is 0 Å². The molecule has 1 aromatic carbocycles. The van der Waals surface area contributed by atoms with Crippen molar-refractivity contribution in [1.82, 2.24) is 0 Å². The van der Waals surface area contributed by atoms with Gasteiger partial charge in [-0.25, -0.2) is 0 Å². The first-order valence-corrected chi connectivity index (χ1v) is 8.04. The Kier molecular flexibility index (Phi) is 3.67. The van der Waals surface area contributed by atoms with Gasteiger partial charge in [0.05, 0.1) is 12.2 Å². The van der Waals surface area contributed by atoms with Crippen molar-refractivity contribution in [2.45, 2.75) is 54.8 Å². The van der Waals surface area contributed by atoms with E-state index in [4.69, 9.17) is 4.74 Å². The van der Waals surface area contributed by atoms with Crippen molar-refractivity contribution in [3.63, 3.8) is 0 Å². The van der Waals surface area contributed by atoms with Crippen LogP contribution >= 0.6 is 11.8 Å². The van der Waals surface area contributed by atoms with Gasteiger partial charge >= 0.3 is 0 Å². The van der Waals surface area contributed by atoms with Gasteiger partial charge in [-0.3, -0.25) is 0 Å². The molecule has 0 unspecified atom stereocenters. The molecule has 2 fully saturated rings. The first-order valence-electron chi connectivity index (χ1n) is 7.16. The third kappa shape index (κ3) is 2.33. The van der Waals surface area contributed by atoms with Crippen molar-refractivity contribution in [3.8, 4) is 0 Å². The molecule has 1 saturated heterocycles. The quantitative estimate of drug-likeness (QED) is 0.775. The maximum atomic E-state index is 6.26. The monoisotopic (exact) mass is 262 g/mol. The molecule has 1 nitrogen and oxygen atoms in total. The lowest BCUT2D eigenvalue weighted by atomic mass is 9.80. The maximum absolute atomic E-state index is 6.26. The highest BCUT2D eigenvalue weighted by molar-refractivity contribution is 8.00. The fourth-order valence-corrected chi connectivity index (χ4v) is 4.87. The Bertz CT molecular complexity index is 378. The summed E-state index contributed by atoms with van der Waals surface area (Å²) in [7, 11) is 0. The molecule has 0 radical (unpaired) electrons.